The van der Waals surface area contributed by atoms with Crippen molar-refractivity contribution in [1.29, 1.82) is 0 Å². The SMILES string of the molecule is COc1ccc(C(=O)NCCCCCc2nc3ccccc3n2Cc2cccc(C)c2)cc1. The Morgan fingerprint density at radius 3 is 2.58 bits per heavy atom. The van der Waals surface area contributed by atoms with Crippen LogP contribution >= 0.6 is 0 Å². The molecule has 5 nitrogen and oxygen atoms in total. The molecule has 0 aliphatic heterocycles. The summed E-state index contributed by atoms with van der Waals surface area (Å²) in [7, 11) is 1.62. The van der Waals surface area contributed by atoms with Crippen molar-refractivity contribution < 1.29 is 9.53 Å². The highest BCUT2D eigenvalue weighted by Crippen LogP contribution is 2.20. The maximum Gasteiger partial charge on any atom is 0.251 e. The Kier molecular flexibility index (Phi) is 7.40. The van der Waals surface area contributed by atoms with E-state index in [2.05, 4.69) is 59.3 Å². The Labute approximate surface area is 195 Å². The van der Waals surface area contributed by atoms with E-state index < -0.39 is 0 Å². The average molecular weight is 442 g/mol. The maximum absolute atomic E-state index is 12.3. The van der Waals surface area contributed by atoms with Gasteiger partial charge in [0, 0.05) is 25.1 Å². The molecule has 170 valence electrons. The molecule has 1 amide bonds. The number of carbonyl (C=O) groups is 1. The first-order valence-corrected chi connectivity index (χ1v) is 11.6. The summed E-state index contributed by atoms with van der Waals surface area (Å²) in [6.07, 6.45) is 3.94. The van der Waals surface area contributed by atoms with Crippen LogP contribution in [0.15, 0.2) is 72.8 Å². The smallest absolute Gasteiger partial charge is 0.251 e. The molecule has 1 N–H and O–H groups in total. The van der Waals surface area contributed by atoms with Crippen molar-refractivity contribution >= 4 is 16.9 Å². The summed E-state index contributed by atoms with van der Waals surface area (Å²) in [6.45, 7) is 3.63. The van der Waals surface area contributed by atoms with Crippen molar-refractivity contribution in [1.82, 2.24) is 14.9 Å². The Balaban J connectivity index is 1.30. The van der Waals surface area contributed by atoms with Crippen LogP contribution in [0.4, 0.5) is 0 Å². The first-order chi connectivity index (χ1) is 16.1. The van der Waals surface area contributed by atoms with Gasteiger partial charge in [-0.2, -0.15) is 0 Å². The van der Waals surface area contributed by atoms with Crippen LogP contribution in [0.2, 0.25) is 0 Å². The lowest BCUT2D eigenvalue weighted by Crippen LogP contribution is -2.24. The molecule has 4 rings (SSSR count). The number of aromatic nitrogens is 2. The number of hydrogen-bond donors (Lipinski definition) is 1. The monoisotopic (exact) mass is 441 g/mol. The lowest BCUT2D eigenvalue weighted by molar-refractivity contribution is 0.0953. The normalized spacial score (nSPS) is 11.0. The number of rotatable bonds is 10. The van der Waals surface area contributed by atoms with Crippen LogP contribution in [0.3, 0.4) is 0 Å². The first kappa shape index (κ1) is 22.6. The van der Waals surface area contributed by atoms with Gasteiger partial charge in [-0.15, -0.1) is 0 Å². The van der Waals surface area contributed by atoms with Gasteiger partial charge in [-0.05, 0) is 61.7 Å². The van der Waals surface area contributed by atoms with Crippen LogP contribution in [-0.4, -0.2) is 29.1 Å². The minimum atomic E-state index is -0.0439. The van der Waals surface area contributed by atoms with E-state index in [-0.39, 0.29) is 5.91 Å². The zero-order valence-electron chi connectivity index (χ0n) is 19.4. The number of hydrogen-bond acceptors (Lipinski definition) is 3. The molecule has 0 aliphatic rings. The Morgan fingerprint density at radius 1 is 0.970 bits per heavy atom. The number of carbonyl (C=O) groups excluding carboxylic acids is 1. The van der Waals surface area contributed by atoms with Gasteiger partial charge in [0.05, 0.1) is 18.1 Å². The highest BCUT2D eigenvalue weighted by atomic mass is 16.5. The van der Waals surface area contributed by atoms with Gasteiger partial charge in [0.25, 0.3) is 5.91 Å². The van der Waals surface area contributed by atoms with Crippen LogP contribution in [0, 0.1) is 6.92 Å². The zero-order valence-corrected chi connectivity index (χ0v) is 19.4. The first-order valence-electron chi connectivity index (χ1n) is 11.6. The summed E-state index contributed by atoms with van der Waals surface area (Å²) in [5.41, 5.74) is 5.45. The van der Waals surface area contributed by atoms with Crippen LogP contribution in [0.1, 0.15) is 46.6 Å². The Morgan fingerprint density at radius 2 is 1.79 bits per heavy atom. The molecule has 0 spiro atoms. The molecule has 1 heterocycles. The summed E-state index contributed by atoms with van der Waals surface area (Å²) < 4.78 is 7.48. The highest BCUT2D eigenvalue weighted by molar-refractivity contribution is 5.94. The molecular weight excluding hydrogens is 410 g/mol. The molecule has 33 heavy (non-hydrogen) atoms. The number of para-hydroxylation sites is 2. The number of unbranched alkanes of at least 4 members (excludes halogenated alkanes) is 2. The van der Waals surface area contributed by atoms with Gasteiger partial charge >= 0.3 is 0 Å². The molecule has 4 aromatic rings. The molecule has 0 fully saturated rings. The summed E-state index contributed by atoms with van der Waals surface area (Å²) in [5.74, 6) is 1.83. The number of nitrogens with zero attached hydrogens (tertiary/aromatic N) is 2. The number of fused-ring (bicyclic) bond motifs is 1. The van der Waals surface area contributed by atoms with E-state index in [1.54, 1.807) is 31.4 Å². The van der Waals surface area contributed by atoms with Gasteiger partial charge in [-0.3, -0.25) is 4.79 Å². The second-order valence-electron chi connectivity index (χ2n) is 8.39. The standard InChI is InChI=1S/C28H31N3O2/c1-21-9-8-10-22(19-21)20-31-26-12-6-5-11-25(26)30-27(31)13-4-3-7-18-29-28(32)23-14-16-24(33-2)17-15-23/h5-6,8-12,14-17,19H,3-4,7,13,18,20H2,1-2H3,(H,29,32). The van der Waals surface area contributed by atoms with Crippen LogP contribution < -0.4 is 10.1 Å². The number of amides is 1. The number of nitrogens with one attached hydrogen (secondary N) is 1. The lowest BCUT2D eigenvalue weighted by Gasteiger charge is -2.10. The Bertz CT molecular complexity index is 1210. The largest absolute Gasteiger partial charge is 0.497 e. The molecule has 3 aromatic carbocycles. The molecule has 0 radical (unpaired) electrons. The van der Waals surface area contributed by atoms with Gasteiger partial charge in [-0.1, -0.05) is 48.4 Å². The molecule has 0 atom stereocenters. The molecule has 0 saturated heterocycles. The summed E-state index contributed by atoms with van der Waals surface area (Å²) in [4.78, 5) is 17.2. The van der Waals surface area contributed by atoms with E-state index in [9.17, 15) is 4.79 Å². The third-order valence-corrected chi connectivity index (χ3v) is 5.87. The van der Waals surface area contributed by atoms with Crippen LogP contribution in [0.25, 0.3) is 11.0 Å². The summed E-state index contributed by atoms with van der Waals surface area (Å²) >= 11 is 0. The van der Waals surface area contributed by atoms with Crippen molar-refractivity contribution in [2.45, 2.75) is 39.2 Å². The van der Waals surface area contributed by atoms with E-state index in [1.165, 1.54) is 16.6 Å². The van der Waals surface area contributed by atoms with Crippen molar-refractivity contribution in [2.24, 2.45) is 0 Å². The molecule has 1 aromatic heterocycles. The quantitative estimate of drug-likeness (QED) is 0.329. The van der Waals surface area contributed by atoms with Crippen LogP contribution in [0.5, 0.6) is 5.75 Å². The van der Waals surface area contributed by atoms with E-state index in [0.717, 1.165) is 49.3 Å². The van der Waals surface area contributed by atoms with E-state index in [4.69, 9.17) is 9.72 Å². The fourth-order valence-electron chi connectivity index (χ4n) is 4.12. The number of ether oxygens (including phenoxy) is 1. The van der Waals surface area contributed by atoms with Gasteiger partial charge in [-0.25, -0.2) is 4.98 Å². The number of imidazole rings is 1. The third kappa shape index (κ3) is 5.80. The predicted molar refractivity (Wildman–Crippen MR) is 133 cm³/mol. The van der Waals surface area contributed by atoms with Gasteiger partial charge in [0.2, 0.25) is 0 Å². The second-order valence-corrected chi connectivity index (χ2v) is 8.39. The second kappa shape index (κ2) is 10.8. The minimum Gasteiger partial charge on any atom is -0.497 e. The average Bonchev–Trinajstić information content (AvgIpc) is 3.18. The third-order valence-electron chi connectivity index (χ3n) is 5.87. The number of methoxy groups -OCH3 is 1. The van der Waals surface area contributed by atoms with Crippen molar-refractivity contribution in [3.05, 3.63) is 95.3 Å². The van der Waals surface area contributed by atoms with Crippen molar-refractivity contribution in [2.75, 3.05) is 13.7 Å². The lowest BCUT2D eigenvalue weighted by atomic mass is 10.1. The van der Waals surface area contributed by atoms with Gasteiger partial charge in [0.15, 0.2) is 0 Å². The molecule has 5 heteroatoms. The predicted octanol–water partition coefficient (Wildman–Crippen LogP) is 5.54. The van der Waals surface area contributed by atoms with E-state index in [1.807, 2.05) is 6.07 Å². The number of benzene rings is 3. The fraction of sp³-hybridized carbons (Fsp3) is 0.286. The van der Waals surface area contributed by atoms with Gasteiger partial charge in [0.1, 0.15) is 11.6 Å². The highest BCUT2D eigenvalue weighted by Gasteiger charge is 2.11. The molecule has 0 bridgehead atoms. The zero-order chi connectivity index (χ0) is 23.0. The van der Waals surface area contributed by atoms with Gasteiger partial charge < -0.3 is 14.6 Å². The minimum absolute atomic E-state index is 0.0439. The fourth-order valence-corrected chi connectivity index (χ4v) is 4.12. The molecule has 0 saturated carbocycles. The summed E-state index contributed by atoms with van der Waals surface area (Å²) in [5, 5.41) is 3.01. The number of aryl methyl sites for hydroxylation is 2. The van der Waals surface area contributed by atoms with E-state index >= 15 is 0 Å². The maximum atomic E-state index is 12.3. The van der Waals surface area contributed by atoms with Crippen molar-refractivity contribution in [3.63, 3.8) is 0 Å². The summed E-state index contributed by atoms with van der Waals surface area (Å²) in [6, 6.07) is 24.2. The molecule has 0 unspecified atom stereocenters. The van der Waals surface area contributed by atoms with Crippen molar-refractivity contribution in [3.8, 4) is 5.75 Å². The molecular formula is C28H31N3O2. The van der Waals surface area contributed by atoms with E-state index in [0.29, 0.717) is 12.1 Å². The topological polar surface area (TPSA) is 56.1 Å². The molecule has 0 aliphatic carbocycles. The Hall–Kier alpha value is -3.60. The van der Waals surface area contributed by atoms with Crippen LogP contribution in [-0.2, 0) is 13.0 Å².